The number of hydrogen-bond acceptors (Lipinski definition) is 4. The topological polar surface area (TPSA) is 46.0 Å². The van der Waals surface area contributed by atoms with Crippen molar-refractivity contribution >= 4 is 21.9 Å². The van der Waals surface area contributed by atoms with Crippen LogP contribution < -0.4 is 5.32 Å². The molecule has 2 aromatic heterocycles. The molecule has 0 atom stereocenters. The summed E-state index contributed by atoms with van der Waals surface area (Å²) in [5.41, 5.74) is 1.04. The highest BCUT2D eigenvalue weighted by atomic mass is 19.4. The molecule has 5 nitrogen and oxygen atoms in total. The number of imidazole rings is 1. The fourth-order valence-electron chi connectivity index (χ4n) is 5.29. The van der Waals surface area contributed by atoms with Crippen LogP contribution in [0.4, 0.5) is 13.2 Å². The van der Waals surface area contributed by atoms with Crippen molar-refractivity contribution in [3.63, 3.8) is 0 Å². The van der Waals surface area contributed by atoms with E-state index in [2.05, 4.69) is 24.8 Å². The fraction of sp³-hybridized carbons (Fsp3) is 0.583. The van der Waals surface area contributed by atoms with Crippen LogP contribution in [0.25, 0.3) is 21.9 Å². The number of fused-ring (bicyclic) bond motifs is 3. The number of aromatic nitrogens is 3. The van der Waals surface area contributed by atoms with Crippen molar-refractivity contribution in [1.29, 1.82) is 0 Å². The Hall–Kier alpha value is -2.19. The number of piperazine rings is 1. The zero-order valence-corrected chi connectivity index (χ0v) is 18.5. The summed E-state index contributed by atoms with van der Waals surface area (Å²) >= 11 is 0. The molecule has 3 heterocycles. The molecular formula is C24H30F3N5. The molecule has 0 amide bonds. The quantitative estimate of drug-likeness (QED) is 0.623. The Morgan fingerprint density at radius 2 is 1.78 bits per heavy atom. The standard InChI is InChI=1S/C24H30F3N5/c1-16-7-8-18-19(15-16)29-22(24(25,26)27)20-21(18)32(14-13-31-11-9-28-10-12-31)23(30-20)17-5-3-2-4-6-17/h7-8,15,17,28H,2-6,9-14H2,1H3. The summed E-state index contributed by atoms with van der Waals surface area (Å²) in [6, 6.07) is 5.61. The second-order valence-electron chi connectivity index (χ2n) is 9.22. The van der Waals surface area contributed by atoms with E-state index in [1.54, 1.807) is 6.07 Å². The second kappa shape index (κ2) is 8.63. The van der Waals surface area contributed by atoms with Crippen LogP contribution in [0, 0.1) is 6.92 Å². The summed E-state index contributed by atoms with van der Waals surface area (Å²) in [4.78, 5) is 11.1. The summed E-state index contributed by atoms with van der Waals surface area (Å²) in [7, 11) is 0. The molecule has 32 heavy (non-hydrogen) atoms. The number of aryl methyl sites for hydroxylation is 1. The average Bonchev–Trinajstić information content (AvgIpc) is 3.17. The van der Waals surface area contributed by atoms with Gasteiger partial charge in [0, 0.05) is 50.6 Å². The number of halogens is 3. The summed E-state index contributed by atoms with van der Waals surface area (Å²) in [6.45, 7) is 7.15. The summed E-state index contributed by atoms with van der Waals surface area (Å²) in [6.07, 6.45) is 0.838. The van der Waals surface area contributed by atoms with Crippen LogP contribution in [-0.4, -0.2) is 52.2 Å². The van der Waals surface area contributed by atoms with Crippen molar-refractivity contribution < 1.29 is 13.2 Å². The van der Waals surface area contributed by atoms with Crippen LogP contribution in [0.5, 0.6) is 0 Å². The smallest absolute Gasteiger partial charge is 0.326 e. The lowest BCUT2D eigenvalue weighted by molar-refractivity contribution is -0.139. The highest BCUT2D eigenvalue weighted by Crippen LogP contribution is 2.40. The van der Waals surface area contributed by atoms with Gasteiger partial charge in [0.2, 0.25) is 0 Å². The van der Waals surface area contributed by atoms with Crippen LogP contribution in [0.1, 0.15) is 55.1 Å². The van der Waals surface area contributed by atoms with E-state index < -0.39 is 11.9 Å². The largest absolute Gasteiger partial charge is 0.435 e. The maximum Gasteiger partial charge on any atom is 0.435 e. The minimum Gasteiger partial charge on any atom is -0.326 e. The van der Waals surface area contributed by atoms with E-state index in [1.165, 1.54) is 6.42 Å². The van der Waals surface area contributed by atoms with Gasteiger partial charge in [-0.15, -0.1) is 0 Å². The zero-order chi connectivity index (χ0) is 22.3. The van der Waals surface area contributed by atoms with Crippen molar-refractivity contribution in [2.45, 2.75) is 57.7 Å². The molecule has 1 aromatic carbocycles. The van der Waals surface area contributed by atoms with Gasteiger partial charge >= 0.3 is 6.18 Å². The van der Waals surface area contributed by atoms with E-state index in [-0.39, 0.29) is 11.4 Å². The molecule has 1 N–H and O–H groups in total. The summed E-state index contributed by atoms with van der Waals surface area (Å²) in [5.74, 6) is 1.02. The predicted molar refractivity (Wildman–Crippen MR) is 120 cm³/mol. The molecule has 0 radical (unpaired) electrons. The van der Waals surface area contributed by atoms with Gasteiger partial charge in [0.25, 0.3) is 0 Å². The number of pyridine rings is 1. The first-order valence-electron chi connectivity index (χ1n) is 11.7. The molecule has 0 bridgehead atoms. The molecule has 8 heteroatoms. The predicted octanol–water partition coefficient (Wildman–Crippen LogP) is 4.86. The lowest BCUT2D eigenvalue weighted by Crippen LogP contribution is -2.44. The third kappa shape index (κ3) is 4.10. The van der Waals surface area contributed by atoms with Crippen LogP contribution in [0.15, 0.2) is 18.2 Å². The Kier molecular flexibility index (Phi) is 5.84. The van der Waals surface area contributed by atoms with Gasteiger partial charge in [0.05, 0.1) is 11.0 Å². The second-order valence-corrected chi connectivity index (χ2v) is 9.22. The molecular weight excluding hydrogens is 415 g/mol. The minimum absolute atomic E-state index is 0.00902. The molecule has 1 aliphatic carbocycles. The van der Waals surface area contributed by atoms with Gasteiger partial charge in [-0.3, -0.25) is 4.90 Å². The fourth-order valence-corrected chi connectivity index (χ4v) is 5.29. The van der Waals surface area contributed by atoms with E-state index in [0.29, 0.717) is 17.6 Å². The Labute approximate surface area is 186 Å². The lowest BCUT2D eigenvalue weighted by atomic mass is 9.88. The Balaban J connectivity index is 1.70. The molecule has 0 unspecified atom stereocenters. The van der Waals surface area contributed by atoms with Gasteiger partial charge in [0.15, 0.2) is 5.69 Å². The van der Waals surface area contributed by atoms with Crippen LogP contribution in [0.2, 0.25) is 0 Å². The van der Waals surface area contributed by atoms with Gasteiger partial charge in [-0.2, -0.15) is 13.2 Å². The molecule has 5 rings (SSSR count). The van der Waals surface area contributed by atoms with E-state index in [9.17, 15) is 13.2 Å². The Morgan fingerprint density at radius 3 is 2.50 bits per heavy atom. The van der Waals surface area contributed by atoms with Crippen LogP contribution in [-0.2, 0) is 12.7 Å². The molecule has 1 saturated carbocycles. The van der Waals surface area contributed by atoms with Gasteiger partial charge in [-0.1, -0.05) is 31.4 Å². The molecule has 3 aromatic rings. The van der Waals surface area contributed by atoms with Crippen molar-refractivity contribution in [3.8, 4) is 0 Å². The van der Waals surface area contributed by atoms with E-state index in [1.807, 2.05) is 19.1 Å². The minimum atomic E-state index is -4.54. The third-order valence-corrected chi connectivity index (χ3v) is 6.95. The molecule has 2 fully saturated rings. The number of nitrogens with zero attached hydrogens (tertiary/aromatic N) is 4. The van der Waals surface area contributed by atoms with Gasteiger partial charge in [-0.25, -0.2) is 9.97 Å². The zero-order valence-electron chi connectivity index (χ0n) is 18.5. The average molecular weight is 446 g/mol. The first-order chi connectivity index (χ1) is 15.4. The number of rotatable bonds is 4. The highest BCUT2D eigenvalue weighted by Gasteiger charge is 2.38. The molecule has 1 saturated heterocycles. The van der Waals surface area contributed by atoms with Crippen LogP contribution >= 0.6 is 0 Å². The number of nitrogens with one attached hydrogen (secondary N) is 1. The third-order valence-electron chi connectivity index (χ3n) is 6.95. The SMILES string of the molecule is Cc1ccc2c(c1)nc(C(F)(F)F)c1nc(C3CCCCC3)n(CCN3CCNCC3)c12. The first kappa shape index (κ1) is 21.6. The van der Waals surface area contributed by atoms with Gasteiger partial charge < -0.3 is 9.88 Å². The molecule has 2 aliphatic rings. The van der Waals surface area contributed by atoms with E-state index >= 15 is 0 Å². The van der Waals surface area contributed by atoms with Crippen molar-refractivity contribution in [3.05, 3.63) is 35.3 Å². The van der Waals surface area contributed by atoms with Crippen molar-refractivity contribution in [1.82, 2.24) is 24.8 Å². The maximum atomic E-state index is 14.1. The Bertz CT molecular complexity index is 1110. The number of alkyl halides is 3. The lowest BCUT2D eigenvalue weighted by Gasteiger charge is -2.28. The monoisotopic (exact) mass is 445 g/mol. The van der Waals surface area contributed by atoms with E-state index in [4.69, 9.17) is 0 Å². The normalized spacial score (nSPS) is 19.2. The number of benzene rings is 1. The maximum absolute atomic E-state index is 14.1. The molecule has 1 aliphatic heterocycles. The number of hydrogen-bond donors (Lipinski definition) is 1. The highest BCUT2D eigenvalue weighted by molar-refractivity contribution is 6.04. The van der Waals surface area contributed by atoms with E-state index in [0.717, 1.165) is 75.2 Å². The van der Waals surface area contributed by atoms with Crippen molar-refractivity contribution in [2.75, 3.05) is 32.7 Å². The van der Waals surface area contributed by atoms with Gasteiger partial charge in [-0.05, 0) is 31.4 Å². The summed E-state index contributed by atoms with van der Waals surface area (Å²) < 4.78 is 44.3. The van der Waals surface area contributed by atoms with Crippen LogP contribution in [0.3, 0.4) is 0 Å². The molecule has 0 spiro atoms. The van der Waals surface area contributed by atoms with Gasteiger partial charge in [0.1, 0.15) is 11.3 Å². The molecule has 172 valence electrons. The van der Waals surface area contributed by atoms with Crippen molar-refractivity contribution in [2.24, 2.45) is 0 Å². The summed E-state index contributed by atoms with van der Waals surface area (Å²) in [5, 5.41) is 4.12. The Morgan fingerprint density at radius 1 is 1.03 bits per heavy atom. The first-order valence-corrected chi connectivity index (χ1v) is 11.7.